The van der Waals surface area contributed by atoms with Gasteiger partial charge in [0.25, 0.3) is 5.91 Å². The fourth-order valence-electron chi connectivity index (χ4n) is 2.43. The second-order valence-electron chi connectivity index (χ2n) is 5.88. The summed E-state index contributed by atoms with van der Waals surface area (Å²) in [6, 6.07) is 19.3. The van der Waals surface area contributed by atoms with Gasteiger partial charge < -0.3 is 9.47 Å². The number of rotatable bonds is 8. The SMILES string of the molecule is O=C(N/N=C\c1ccc(F)c(F)c1)c1ccccc1OCCOc1ccccc1. The minimum Gasteiger partial charge on any atom is -0.490 e. The average Bonchev–Trinajstić information content (AvgIpc) is 2.75. The Morgan fingerprint density at radius 2 is 1.62 bits per heavy atom. The van der Waals surface area contributed by atoms with Gasteiger partial charge >= 0.3 is 0 Å². The lowest BCUT2D eigenvalue weighted by Gasteiger charge is -2.11. The van der Waals surface area contributed by atoms with Gasteiger partial charge in [-0.05, 0) is 42.0 Å². The number of hydrogen-bond acceptors (Lipinski definition) is 4. The zero-order valence-corrected chi connectivity index (χ0v) is 15.3. The number of nitrogens with zero attached hydrogens (tertiary/aromatic N) is 1. The van der Waals surface area contributed by atoms with Crippen molar-refractivity contribution in [3.63, 3.8) is 0 Å². The van der Waals surface area contributed by atoms with Gasteiger partial charge in [0.15, 0.2) is 11.6 Å². The number of carbonyl (C=O) groups is 1. The third kappa shape index (κ3) is 5.87. The second-order valence-corrected chi connectivity index (χ2v) is 5.88. The van der Waals surface area contributed by atoms with Gasteiger partial charge in [-0.3, -0.25) is 4.79 Å². The molecule has 0 aliphatic heterocycles. The van der Waals surface area contributed by atoms with Crippen molar-refractivity contribution in [2.24, 2.45) is 5.10 Å². The highest BCUT2D eigenvalue weighted by molar-refractivity contribution is 5.97. The molecule has 5 nitrogen and oxygen atoms in total. The highest BCUT2D eigenvalue weighted by Gasteiger charge is 2.11. The summed E-state index contributed by atoms with van der Waals surface area (Å²) in [5.41, 5.74) is 2.94. The molecule has 1 amide bonds. The van der Waals surface area contributed by atoms with Crippen molar-refractivity contribution in [3.05, 3.63) is 95.6 Å². The molecule has 29 heavy (non-hydrogen) atoms. The second kappa shape index (κ2) is 9.98. The molecule has 0 aromatic heterocycles. The molecule has 0 saturated carbocycles. The van der Waals surface area contributed by atoms with E-state index in [-0.39, 0.29) is 12.2 Å². The highest BCUT2D eigenvalue weighted by Crippen LogP contribution is 2.18. The monoisotopic (exact) mass is 396 g/mol. The van der Waals surface area contributed by atoms with Gasteiger partial charge in [0.05, 0.1) is 11.8 Å². The van der Waals surface area contributed by atoms with Crippen molar-refractivity contribution < 1.29 is 23.0 Å². The van der Waals surface area contributed by atoms with Crippen molar-refractivity contribution in [2.75, 3.05) is 13.2 Å². The van der Waals surface area contributed by atoms with E-state index in [1.54, 1.807) is 24.3 Å². The number of hydrazone groups is 1. The Bertz CT molecular complexity index is 994. The Hall–Kier alpha value is -3.74. The summed E-state index contributed by atoms with van der Waals surface area (Å²) in [5, 5.41) is 3.77. The molecule has 3 aromatic carbocycles. The maximum absolute atomic E-state index is 13.2. The van der Waals surface area contributed by atoms with E-state index in [1.807, 2.05) is 30.3 Å². The van der Waals surface area contributed by atoms with E-state index in [0.717, 1.165) is 17.9 Å². The molecular weight excluding hydrogens is 378 g/mol. The van der Waals surface area contributed by atoms with Gasteiger partial charge in [-0.15, -0.1) is 0 Å². The summed E-state index contributed by atoms with van der Waals surface area (Å²) in [4.78, 5) is 12.4. The molecule has 0 unspecified atom stereocenters. The first kappa shape index (κ1) is 20.0. The number of hydrogen-bond donors (Lipinski definition) is 1. The number of amides is 1. The van der Waals surface area contributed by atoms with Crippen molar-refractivity contribution in [1.82, 2.24) is 5.43 Å². The van der Waals surface area contributed by atoms with Crippen LogP contribution in [0, 0.1) is 11.6 Å². The van der Waals surface area contributed by atoms with Crippen molar-refractivity contribution >= 4 is 12.1 Å². The Morgan fingerprint density at radius 3 is 2.41 bits per heavy atom. The number of para-hydroxylation sites is 2. The zero-order chi connectivity index (χ0) is 20.5. The minimum absolute atomic E-state index is 0.247. The summed E-state index contributed by atoms with van der Waals surface area (Å²) in [7, 11) is 0. The van der Waals surface area contributed by atoms with Crippen LogP contribution in [0.15, 0.2) is 77.9 Å². The fourth-order valence-corrected chi connectivity index (χ4v) is 2.43. The molecule has 0 saturated heterocycles. The quantitative estimate of drug-likeness (QED) is 0.353. The summed E-state index contributed by atoms with van der Waals surface area (Å²) >= 11 is 0. The van der Waals surface area contributed by atoms with Gasteiger partial charge in [0, 0.05) is 0 Å². The predicted molar refractivity (Wildman–Crippen MR) is 105 cm³/mol. The number of nitrogens with one attached hydrogen (secondary N) is 1. The molecule has 148 valence electrons. The molecule has 0 fully saturated rings. The Kier molecular flexibility index (Phi) is 6.89. The molecule has 3 rings (SSSR count). The topological polar surface area (TPSA) is 59.9 Å². The summed E-state index contributed by atoms with van der Waals surface area (Å²) < 4.78 is 37.3. The standard InChI is InChI=1S/C22H18F2N2O3/c23-19-11-10-16(14-20(19)24)15-25-26-22(27)18-8-4-5-9-21(18)29-13-12-28-17-6-2-1-3-7-17/h1-11,14-15H,12-13H2,(H,26,27)/b25-15-. The molecule has 0 bridgehead atoms. The van der Waals surface area contributed by atoms with Gasteiger partial charge in [-0.1, -0.05) is 36.4 Å². The molecule has 0 aliphatic rings. The molecule has 0 aliphatic carbocycles. The van der Waals surface area contributed by atoms with E-state index in [4.69, 9.17) is 9.47 Å². The van der Waals surface area contributed by atoms with Gasteiger partial charge in [0.1, 0.15) is 24.7 Å². The molecule has 0 atom stereocenters. The van der Waals surface area contributed by atoms with E-state index < -0.39 is 17.5 Å². The van der Waals surface area contributed by atoms with E-state index in [0.29, 0.717) is 17.9 Å². The van der Waals surface area contributed by atoms with E-state index in [9.17, 15) is 13.6 Å². The van der Waals surface area contributed by atoms with Crippen LogP contribution >= 0.6 is 0 Å². The first-order chi connectivity index (χ1) is 14.1. The van der Waals surface area contributed by atoms with Gasteiger partial charge in [-0.25, -0.2) is 14.2 Å². The summed E-state index contributed by atoms with van der Waals surface area (Å²) in [5.74, 6) is -1.33. The molecule has 0 spiro atoms. The molecular formula is C22H18F2N2O3. The summed E-state index contributed by atoms with van der Waals surface area (Å²) in [6.07, 6.45) is 1.22. The number of carbonyl (C=O) groups excluding carboxylic acids is 1. The Balaban J connectivity index is 1.55. The van der Waals surface area contributed by atoms with Crippen LogP contribution in [0.2, 0.25) is 0 Å². The van der Waals surface area contributed by atoms with Crippen LogP contribution in [-0.2, 0) is 0 Å². The van der Waals surface area contributed by atoms with Crippen molar-refractivity contribution in [3.8, 4) is 11.5 Å². The largest absolute Gasteiger partial charge is 0.490 e. The van der Waals surface area contributed by atoms with E-state index in [2.05, 4.69) is 10.5 Å². The number of benzene rings is 3. The maximum Gasteiger partial charge on any atom is 0.275 e. The average molecular weight is 396 g/mol. The van der Waals surface area contributed by atoms with Crippen LogP contribution < -0.4 is 14.9 Å². The van der Waals surface area contributed by atoms with E-state index >= 15 is 0 Å². The fraction of sp³-hybridized carbons (Fsp3) is 0.0909. The molecule has 3 aromatic rings. The third-order valence-electron chi connectivity index (χ3n) is 3.81. The molecule has 0 heterocycles. The van der Waals surface area contributed by atoms with Crippen LogP contribution in [0.5, 0.6) is 11.5 Å². The van der Waals surface area contributed by atoms with Crippen LogP contribution in [-0.4, -0.2) is 25.3 Å². The van der Waals surface area contributed by atoms with Gasteiger partial charge in [0.2, 0.25) is 0 Å². The molecule has 0 radical (unpaired) electrons. The lowest BCUT2D eigenvalue weighted by atomic mass is 10.2. The van der Waals surface area contributed by atoms with E-state index in [1.165, 1.54) is 12.3 Å². The predicted octanol–water partition coefficient (Wildman–Crippen LogP) is 4.19. The summed E-state index contributed by atoms with van der Waals surface area (Å²) in [6.45, 7) is 0.561. The van der Waals surface area contributed by atoms with Crippen molar-refractivity contribution in [1.29, 1.82) is 0 Å². The molecule has 7 heteroatoms. The normalized spacial score (nSPS) is 10.7. The van der Waals surface area contributed by atoms with Crippen LogP contribution in [0.25, 0.3) is 0 Å². The Labute approximate surface area is 166 Å². The minimum atomic E-state index is -0.989. The lowest BCUT2D eigenvalue weighted by molar-refractivity contribution is 0.0950. The van der Waals surface area contributed by atoms with Gasteiger partial charge in [-0.2, -0.15) is 5.10 Å². The number of halogens is 2. The third-order valence-corrected chi connectivity index (χ3v) is 3.81. The first-order valence-corrected chi connectivity index (χ1v) is 8.81. The highest BCUT2D eigenvalue weighted by atomic mass is 19.2. The zero-order valence-electron chi connectivity index (χ0n) is 15.3. The van der Waals surface area contributed by atoms with Crippen molar-refractivity contribution in [2.45, 2.75) is 0 Å². The molecule has 1 N–H and O–H groups in total. The van der Waals surface area contributed by atoms with Crippen LogP contribution in [0.4, 0.5) is 8.78 Å². The lowest BCUT2D eigenvalue weighted by Crippen LogP contribution is -2.19. The maximum atomic E-state index is 13.2. The number of ether oxygens (including phenoxy) is 2. The Morgan fingerprint density at radius 1 is 0.897 bits per heavy atom. The smallest absolute Gasteiger partial charge is 0.275 e. The van der Waals surface area contributed by atoms with Crippen LogP contribution in [0.1, 0.15) is 15.9 Å². The van der Waals surface area contributed by atoms with Crippen LogP contribution in [0.3, 0.4) is 0 Å². The first-order valence-electron chi connectivity index (χ1n) is 8.81.